The van der Waals surface area contributed by atoms with Crippen molar-refractivity contribution in [2.75, 3.05) is 5.73 Å². The molecule has 2 heterocycles. The van der Waals surface area contributed by atoms with Crippen LogP contribution >= 0.6 is 0 Å². The van der Waals surface area contributed by atoms with Crippen molar-refractivity contribution in [1.29, 1.82) is 0 Å². The van der Waals surface area contributed by atoms with E-state index in [1.165, 1.54) is 0 Å². The van der Waals surface area contributed by atoms with Crippen molar-refractivity contribution in [2.24, 2.45) is 0 Å². The molecule has 116 valence electrons. The number of nitro groups is 1. The number of nitrogens with one attached hydrogen (secondary N) is 1. The lowest BCUT2D eigenvalue weighted by Crippen LogP contribution is -2.24. The Hall–Kier alpha value is -3.56. The second-order valence-electron chi connectivity index (χ2n) is 4.67. The van der Waals surface area contributed by atoms with Gasteiger partial charge in [0.15, 0.2) is 0 Å². The lowest BCUT2D eigenvalue weighted by molar-refractivity contribution is -0.387. The number of nitrogens with zero attached hydrogens (tertiary/aromatic N) is 2. The Kier molecular flexibility index (Phi) is 2.96. The van der Waals surface area contributed by atoms with Gasteiger partial charge in [0.25, 0.3) is 17.4 Å². The first-order valence-electron chi connectivity index (χ1n) is 6.16. The number of nitro benzene ring substituents is 1. The fourth-order valence-electron chi connectivity index (χ4n) is 2.33. The Morgan fingerprint density at radius 2 is 1.87 bits per heavy atom. The predicted octanol–water partition coefficient (Wildman–Crippen LogP) is 0.351. The van der Waals surface area contributed by atoms with Crippen LogP contribution in [0.15, 0.2) is 29.1 Å². The highest BCUT2D eigenvalue weighted by Crippen LogP contribution is 2.25. The highest BCUT2D eigenvalue weighted by molar-refractivity contribution is 6.23. The number of pyridine rings is 1. The monoisotopic (exact) mass is 318 g/mol. The van der Waals surface area contributed by atoms with E-state index in [4.69, 9.17) is 5.73 Å². The summed E-state index contributed by atoms with van der Waals surface area (Å²) in [6, 6.07) is 3.62. The summed E-state index contributed by atoms with van der Waals surface area (Å²) in [7, 11) is 0. The number of hydrogen-bond acceptors (Lipinski definition) is 6. The van der Waals surface area contributed by atoms with Crippen LogP contribution in [-0.2, 0) is 0 Å². The minimum absolute atomic E-state index is 0.106. The smallest absolute Gasteiger partial charge is 0.304 e. The van der Waals surface area contributed by atoms with Crippen LogP contribution in [0.4, 0.5) is 15.9 Å². The summed E-state index contributed by atoms with van der Waals surface area (Å²) in [5.74, 6) is -3.06. The number of nitrogens with two attached hydrogens (primary N) is 1. The maximum Gasteiger partial charge on any atom is 0.304 e. The number of nitrogen functional groups attached to an aromatic ring is 1. The predicted molar refractivity (Wildman–Crippen MR) is 74.9 cm³/mol. The number of imide groups is 1. The molecular weight excluding hydrogens is 311 g/mol. The van der Waals surface area contributed by atoms with Gasteiger partial charge in [-0.1, -0.05) is 0 Å². The number of rotatable bonds is 2. The molecule has 0 bridgehead atoms. The number of halogens is 1. The van der Waals surface area contributed by atoms with Gasteiger partial charge in [-0.15, -0.1) is 0 Å². The van der Waals surface area contributed by atoms with E-state index in [0.29, 0.717) is 0 Å². The van der Waals surface area contributed by atoms with Crippen molar-refractivity contribution in [2.45, 2.75) is 0 Å². The average Bonchev–Trinajstić information content (AvgIpc) is 2.73. The molecule has 0 aliphatic carbocycles. The van der Waals surface area contributed by atoms with E-state index in [2.05, 4.69) is 0 Å². The van der Waals surface area contributed by atoms with Gasteiger partial charge < -0.3 is 5.73 Å². The van der Waals surface area contributed by atoms with Gasteiger partial charge in [0, 0.05) is 18.2 Å². The number of anilines is 1. The van der Waals surface area contributed by atoms with Gasteiger partial charge in [-0.05, 0) is 6.07 Å². The van der Waals surface area contributed by atoms with Crippen LogP contribution in [0.2, 0.25) is 0 Å². The Labute approximate surface area is 126 Å². The lowest BCUT2D eigenvalue weighted by Gasteiger charge is -2.11. The van der Waals surface area contributed by atoms with Crippen LogP contribution in [0.3, 0.4) is 0 Å². The quantitative estimate of drug-likeness (QED) is 0.465. The molecule has 0 spiro atoms. The lowest BCUT2D eigenvalue weighted by atomic mass is 10.1. The van der Waals surface area contributed by atoms with Gasteiger partial charge in [0.05, 0.1) is 21.7 Å². The molecule has 0 unspecified atom stereocenters. The van der Waals surface area contributed by atoms with Gasteiger partial charge in [-0.2, -0.15) is 4.39 Å². The second-order valence-corrected chi connectivity index (χ2v) is 4.67. The fraction of sp³-hybridized carbons (Fsp3) is 0. The van der Waals surface area contributed by atoms with Crippen LogP contribution in [0.1, 0.15) is 20.7 Å². The summed E-state index contributed by atoms with van der Waals surface area (Å²) in [6.07, 6.45) is 0. The van der Waals surface area contributed by atoms with Gasteiger partial charge >= 0.3 is 5.69 Å². The molecule has 0 fully saturated rings. The van der Waals surface area contributed by atoms with Crippen LogP contribution in [0.25, 0.3) is 5.69 Å². The van der Waals surface area contributed by atoms with E-state index in [1.807, 2.05) is 5.32 Å². The maximum atomic E-state index is 13.7. The molecular formula is C13H7FN4O5. The van der Waals surface area contributed by atoms with E-state index < -0.39 is 33.8 Å². The van der Waals surface area contributed by atoms with E-state index in [-0.39, 0.29) is 22.6 Å². The molecule has 23 heavy (non-hydrogen) atoms. The van der Waals surface area contributed by atoms with E-state index >= 15 is 0 Å². The number of aromatic nitrogens is 1. The van der Waals surface area contributed by atoms with Gasteiger partial charge in [-0.3, -0.25) is 34.4 Å². The molecule has 1 aliphatic rings. The number of amides is 2. The molecule has 0 saturated heterocycles. The number of fused-ring (bicyclic) bond motifs is 1. The number of benzene rings is 1. The third-order valence-corrected chi connectivity index (χ3v) is 3.34. The Bertz CT molecular complexity index is 966. The Balaban J connectivity index is 2.27. The third kappa shape index (κ3) is 2.04. The first kappa shape index (κ1) is 14.4. The molecule has 0 saturated carbocycles. The standard InChI is InChI=1S/C13H7FN4O5/c14-7-3-5(1-2-8(7)18(22)23)17-9(19)4-6-10(11(17)15)13(21)16-12(6)20/h1-4H,15H2,(H,16,20,21). The second kappa shape index (κ2) is 4.73. The normalized spacial score (nSPS) is 12.9. The molecule has 2 amide bonds. The zero-order valence-electron chi connectivity index (χ0n) is 11.2. The van der Waals surface area contributed by atoms with Crippen molar-refractivity contribution < 1.29 is 18.9 Å². The van der Waals surface area contributed by atoms with Crippen molar-refractivity contribution in [3.8, 4) is 5.69 Å². The highest BCUT2D eigenvalue weighted by Gasteiger charge is 2.32. The van der Waals surface area contributed by atoms with Gasteiger partial charge in [-0.25, -0.2) is 0 Å². The van der Waals surface area contributed by atoms with Crippen molar-refractivity contribution in [3.63, 3.8) is 0 Å². The van der Waals surface area contributed by atoms with E-state index in [1.54, 1.807) is 0 Å². The summed E-state index contributed by atoms with van der Waals surface area (Å²) >= 11 is 0. The average molecular weight is 318 g/mol. The third-order valence-electron chi connectivity index (χ3n) is 3.34. The van der Waals surface area contributed by atoms with Gasteiger partial charge in [0.2, 0.25) is 5.82 Å². The van der Waals surface area contributed by atoms with Crippen LogP contribution in [0.5, 0.6) is 0 Å². The molecule has 9 nitrogen and oxygen atoms in total. The molecule has 3 N–H and O–H groups in total. The van der Waals surface area contributed by atoms with Crippen molar-refractivity contribution in [1.82, 2.24) is 9.88 Å². The SMILES string of the molecule is Nc1c2c(cc(=O)n1-c1ccc([N+](=O)[O-])c(F)c1)C(=O)NC2=O. The summed E-state index contributed by atoms with van der Waals surface area (Å²) in [5, 5.41) is 12.6. The van der Waals surface area contributed by atoms with Crippen molar-refractivity contribution >= 4 is 23.3 Å². The largest absolute Gasteiger partial charge is 0.384 e. The Morgan fingerprint density at radius 1 is 1.17 bits per heavy atom. The minimum atomic E-state index is -1.17. The highest BCUT2D eigenvalue weighted by atomic mass is 19.1. The molecule has 0 atom stereocenters. The van der Waals surface area contributed by atoms with E-state index in [9.17, 15) is 28.9 Å². The topological polar surface area (TPSA) is 137 Å². The first-order chi connectivity index (χ1) is 10.8. The van der Waals surface area contributed by atoms with Crippen LogP contribution in [0, 0.1) is 15.9 Å². The molecule has 0 radical (unpaired) electrons. The minimum Gasteiger partial charge on any atom is -0.384 e. The summed E-state index contributed by atoms with van der Waals surface area (Å²) in [4.78, 5) is 45.1. The van der Waals surface area contributed by atoms with E-state index in [0.717, 1.165) is 28.8 Å². The van der Waals surface area contributed by atoms with Crippen molar-refractivity contribution in [3.05, 3.63) is 61.7 Å². The molecule has 3 rings (SSSR count). The zero-order valence-corrected chi connectivity index (χ0v) is 11.2. The van der Waals surface area contributed by atoms with Crippen LogP contribution < -0.4 is 16.6 Å². The number of carbonyl (C=O) groups is 2. The first-order valence-corrected chi connectivity index (χ1v) is 6.16. The summed E-state index contributed by atoms with van der Waals surface area (Å²) < 4.78 is 14.5. The maximum absolute atomic E-state index is 13.7. The Morgan fingerprint density at radius 3 is 2.48 bits per heavy atom. The molecule has 1 aromatic carbocycles. The number of hydrogen-bond donors (Lipinski definition) is 2. The molecule has 2 aromatic rings. The molecule has 10 heteroatoms. The summed E-state index contributed by atoms with van der Waals surface area (Å²) in [5.41, 5.74) is 3.74. The summed E-state index contributed by atoms with van der Waals surface area (Å²) in [6.45, 7) is 0. The van der Waals surface area contributed by atoms with Crippen LogP contribution in [-0.4, -0.2) is 21.3 Å². The number of carbonyl (C=O) groups excluding carboxylic acids is 2. The molecule has 1 aromatic heterocycles. The van der Waals surface area contributed by atoms with Gasteiger partial charge in [0.1, 0.15) is 5.82 Å². The molecule has 1 aliphatic heterocycles. The fourth-order valence-corrected chi connectivity index (χ4v) is 2.33. The zero-order chi connectivity index (χ0) is 16.9.